The Hall–Kier alpha value is -2.13. The van der Waals surface area contributed by atoms with Gasteiger partial charge >= 0.3 is 5.97 Å². The first-order chi connectivity index (χ1) is 12.8. The molecule has 1 unspecified atom stereocenters. The Balaban J connectivity index is 2.24. The van der Waals surface area contributed by atoms with E-state index in [0.717, 1.165) is 13.0 Å². The topological polar surface area (TPSA) is 29.5 Å². The number of hydrogen-bond acceptors (Lipinski definition) is 3. The maximum atomic E-state index is 12.5. The highest BCUT2D eigenvalue weighted by Gasteiger charge is 2.27. The van der Waals surface area contributed by atoms with Gasteiger partial charge in [-0.3, -0.25) is 9.69 Å². The van der Waals surface area contributed by atoms with Crippen LogP contribution in [0.1, 0.15) is 64.6 Å². The first-order valence-electron chi connectivity index (χ1n) is 9.86. The molecule has 0 spiro atoms. The van der Waals surface area contributed by atoms with Crippen molar-refractivity contribution in [2.45, 2.75) is 71.7 Å². The summed E-state index contributed by atoms with van der Waals surface area (Å²) in [7, 11) is 0. The van der Waals surface area contributed by atoms with Gasteiger partial charge in [-0.2, -0.15) is 0 Å². The summed E-state index contributed by atoms with van der Waals surface area (Å²) in [5, 5.41) is 0. The molecule has 0 N–H and O–H groups in total. The van der Waals surface area contributed by atoms with E-state index in [1.165, 1.54) is 11.1 Å². The van der Waals surface area contributed by atoms with Crippen molar-refractivity contribution in [2.24, 2.45) is 0 Å². The van der Waals surface area contributed by atoms with Crippen molar-refractivity contribution in [2.75, 3.05) is 0 Å². The van der Waals surface area contributed by atoms with Gasteiger partial charge in [0.2, 0.25) is 0 Å². The molecule has 3 heteroatoms. The number of carbonyl (C=O) groups is 1. The van der Waals surface area contributed by atoms with Gasteiger partial charge in [0, 0.05) is 18.6 Å². The van der Waals surface area contributed by atoms with Crippen LogP contribution in [0.25, 0.3) is 0 Å². The maximum Gasteiger partial charge on any atom is 0.307 e. The van der Waals surface area contributed by atoms with E-state index in [2.05, 4.69) is 67.3 Å². The first kappa shape index (κ1) is 21.2. The van der Waals surface area contributed by atoms with Gasteiger partial charge in [0.25, 0.3) is 0 Å². The molecule has 0 aliphatic heterocycles. The second kappa shape index (κ2) is 9.70. The molecule has 2 aromatic rings. The minimum atomic E-state index is -0.454. The van der Waals surface area contributed by atoms with E-state index < -0.39 is 5.60 Å². The Morgan fingerprint density at radius 3 is 2.07 bits per heavy atom. The van der Waals surface area contributed by atoms with Crippen LogP contribution in [0, 0.1) is 0 Å². The Kier molecular flexibility index (Phi) is 7.61. The predicted molar refractivity (Wildman–Crippen MR) is 111 cm³/mol. The third-order valence-corrected chi connectivity index (χ3v) is 4.75. The summed E-state index contributed by atoms with van der Waals surface area (Å²) >= 11 is 0. The lowest BCUT2D eigenvalue weighted by molar-refractivity contribution is -0.156. The number of benzene rings is 2. The number of rotatable bonds is 8. The van der Waals surface area contributed by atoms with Gasteiger partial charge in [0.05, 0.1) is 6.42 Å². The van der Waals surface area contributed by atoms with Gasteiger partial charge in [-0.1, -0.05) is 67.6 Å². The predicted octanol–water partition coefficient (Wildman–Crippen LogP) is 5.76. The fourth-order valence-electron chi connectivity index (χ4n) is 3.37. The Bertz CT molecular complexity index is 691. The van der Waals surface area contributed by atoms with Crippen molar-refractivity contribution >= 4 is 5.97 Å². The van der Waals surface area contributed by atoms with Crippen LogP contribution in [0.4, 0.5) is 0 Å². The minimum Gasteiger partial charge on any atom is -0.460 e. The number of ether oxygens (including phenoxy) is 1. The third kappa shape index (κ3) is 6.84. The van der Waals surface area contributed by atoms with E-state index in [9.17, 15) is 4.79 Å². The highest BCUT2D eigenvalue weighted by atomic mass is 16.6. The number of carbonyl (C=O) groups excluding carboxylic acids is 1. The summed E-state index contributed by atoms with van der Waals surface area (Å²) < 4.78 is 5.59. The van der Waals surface area contributed by atoms with Gasteiger partial charge in [-0.25, -0.2) is 0 Å². The molecule has 0 aliphatic rings. The minimum absolute atomic E-state index is 0.121. The summed E-state index contributed by atoms with van der Waals surface area (Å²) in [6, 6.07) is 21.3. The van der Waals surface area contributed by atoms with E-state index >= 15 is 0 Å². The number of hydrogen-bond donors (Lipinski definition) is 0. The highest BCUT2D eigenvalue weighted by molar-refractivity contribution is 5.70. The lowest BCUT2D eigenvalue weighted by Crippen LogP contribution is -2.39. The molecule has 0 heterocycles. The molecule has 0 radical (unpaired) electrons. The van der Waals surface area contributed by atoms with Crippen LogP contribution >= 0.6 is 0 Å². The lowest BCUT2D eigenvalue weighted by atomic mass is 10.0. The zero-order valence-electron chi connectivity index (χ0n) is 17.3. The van der Waals surface area contributed by atoms with Crippen molar-refractivity contribution in [3.05, 3.63) is 71.8 Å². The fourth-order valence-corrected chi connectivity index (χ4v) is 3.37. The third-order valence-electron chi connectivity index (χ3n) is 4.75. The van der Waals surface area contributed by atoms with Crippen molar-refractivity contribution in [3.8, 4) is 0 Å². The first-order valence-corrected chi connectivity index (χ1v) is 9.86. The molecule has 0 bridgehead atoms. The van der Waals surface area contributed by atoms with Crippen LogP contribution in [0.5, 0.6) is 0 Å². The normalized spacial score (nSPS) is 14.0. The van der Waals surface area contributed by atoms with Gasteiger partial charge in [-0.15, -0.1) is 0 Å². The summed E-state index contributed by atoms with van der Waals surface area (Å²) in [6.45, 7) is 10.9. The van der Waals surface area contributed by atoms with Gasteiger partial charge in [0.15, 0.2) is 0 Å². The van der Waals surface area contributed by atoms with Crippen molar-refractivity contribution in [3.63, 3.8) is 0 Å². The van der Waals surface area contributed by atoms with Gasteiger partial charge in [-0.05, 0) is 45.2 Å². The molecule has 2 atom stereocenters. The average molecular weight is 368 g/mol. The molecule has 0 aromatic heterocycles. The summed E-state index contributed by atoms with van der Waals surface area (Å²) in [6.07, 6.45) is 1.29. The molecule has 0 aliphatic carbocycles. The fraction of sp³-hybridized carbons (Fsp3) is 0.458. The second-order valence-electron chi connectivity index (χ2n) is 8.10. The molecule has 2 aromatic carbocycles. The van der Waals surface area contributed by atoms with E-state index in [1.807, 2.05) is 32.9 Å². The molecule has 2 rings (SSSR count). The SMILES string of the molecule is CCC(CC(=O)OC(C)(C)C)N(Cc1ccccc1)[C@H](C)c1ccccc1. The van der Waals surface area contributed by atoms with E-state index in [0.29, 0.717) is 6.42 Å². The van der Waals surface area contributed by atoms with Gasteiger partial charge in [0.1, 0.15) is 5.60 Å². The van der Waals surface area contributed by atoms with Crippen LogP contribution in [0.15, 0.2) is 60.7 Å². The highest BCUT2D eigenvalue weighted by Crippen LogP contribution is 2.28. The second-order valence-corrected chi connectivity index (χ2v) is 8.10. The largest absolute Gasteiger partial charge is 0.460 e. The zero-order chi connectivity index (χ0) is 19.9. The van der Waals surface area contributed by atoms with Crippen molar-refractivity contribution < 1.29 is 9.53 Å². The Morgan fingerprint density at radius 1 is 1.00 bits per heavy atom. The number of nitrogens with zero attached hydrogens (tertiary/aromatic N) is 1. The molecular formula is C24H33NO2. The van der Waals surface area contributed by atoms with Crippen molar-refractivity contribution in [1.29, 1.82) is 0 Å². The summed E-state index contributed by atoms with van der Waals surface area (Å²) in [4.78, 5) is 14.9. The van der Waals surface area contributed by atoms with E-state index in [1.54, 1.807) is 0 Å². The molecule has 27 heavy (non-hydrogen) atoms. The van der Waals surface area contributed by atoms with E-state index in [-0.39, 0.29) is 18.1 Å². The van der Waals surface area contributed by atoms with Crippen LogP contribution in [0.3, 0.4) is 0 Å². The van der Waals surface area contributed by atoms with E-state index in [4.69, 9.17) is 4.74 Å². The molecule has 0 saturated heterocycles. The van der Waals surface area contributed by atoms with Crippen LogP contribution < -0.4 is 0 Å². The Morgan fingerprint density at radius 2 is 1.56 bits per heavy atom. The summed E-state index contributed by atoms with van der Waals surface area (Å²) in [5.41, 5.74) is 2.06. The molecular weight excluding hydrogens is 334 g/mol. The molecule has 0 fully saturated rings. The van der Waals surface area contributed by atoms with Gasteiger partial charge < -0.3 is 4.74 Å². The number of esters is 1. The monoisotopic (exact) mass is 367 g/mol. The lowest BCUT2D eigenvalue weighted by Gasteiger charge is -2.36. The van der Waals surface area contributed by atoms with Crippen molar-refractivity contribution in [1.82, 2.24) is 4.90 Å². The molecule has 0 amide bonds. The van der Waals surface area contributed by atoms with Crippen LogP contribution in [0.2, 0.25) is 0 Å². The quantitative estimate of drug-likeness (QED) is 0.556. The molecule has 3 nitrogen and oxygen atoms in total. The van der Waals surface area contributed by atoms with Crippen LogP contribution in [-0.2, 0) is 16.1 Å². The standard InChI is InChI=1S/C24H33NO2/c1-6-22(17-23(26)27-24(3,4)5)25(18-20-13-9-7-10-14-20)19(2)21-15-11-8-12-16-21/h7-16,19,22H,6,17-18H2,1-5H3/t19-,22?/m1/s1. The smallest absolute Gasteiger partial charge is 0.307 e. The zero-order valence-corrected chi connectivity index (χ0v) is 17.3. The summed E-state index contributed by atoms with van der Waals surface area (Å²) in [5.74, 6) is -0.132. The Labute approximate surface area is 164 Å². The van der Waals surface area contributed by atoms with Crippen LogP contribution in [-0.4, -0.2) is 22.5 Å². The average Bonchev–Trinajstić information content (AvgIpc) is 2.64. The molecule has 146 valence electrons. The molecule has 0 saturated carbocycles. The maximum absolute atomic E-state index is 12.5.